The summed E-state index contributed by atoms with van der Waals surface area (Å²) in [5.41, 5.74) is 1.87. The van der Waals surface area contributed by atoms with Crippen LogP contribution in [-0.4, -0.2) is 30.1 Å². The zero-order valence-corrected chi connectivity index (χ0v) is 11.8. The lowest BCUT2D eigenvalue weighted by Gasteiger charge is -2.06. The van der Waals surface area contributed by atoms with E-state index in [0.717, 1.165) is 24.1 Å². The summed E-state index contributed by atoms with van der Waals surface area (Å²) in [7, 11) is 0. The molecule has 0 bridgehead atoms. The summed E-state index contributed by atoms with van der Waals surface area (Å²) in [5.74, 6) is -0.759. The van der Waals surface area contributed by atoms with Crippen molar-refractivity contribution in [3.63, 3.8) is 0 Å². The number of aliphatic carboxylic acids is 1. The number of rotatable bonds is 9. The second kappa shape index (κ2) is 9.09. The van der Waals surface area contributed by atoms with Gasteiger partial charge in [0.1, 0.15) is 0 Å². The summed E-state index contributed by atoms with van der Waals surface area (Å²) in [6, 6.07) is 7.45. The van der Waals surface area contributed by atoms with E-state index in [2.05, 4.69) is 10.6 Å². The van der Waals surface area contributed by atoms with Gasteiger partial charge in [-0.1, -0.05) is 31.2 Å². The minimum atomic E-state index is -0.825. The SMILES string of the molecule is CCCNC(=O)CCNCc1ccc(CC(=O)O)cc1. The van der Waals surface area contributed by atoms with E-state index in [9.17, 15) is 9.59 Å². The second-order valence-corrected chi connectivity index (χ2v) is 4.66. The maximum Gasteiger partial charge on any atom is 0.307 e. The summed E-state index contributed by atoms with van der Waals surface area (Å²) in [5, 5.41) is 14.7. The summed E-state index contributed by atoms with van der Waals surface area (Å²) in [6.45, 7) is 4.05. The normalized spacial score (nSPS) is 10.2. The highest BCUT2D eigenvalue weighted by Crippen LogP contribution is 2.05. The van der Waals surface area contributed by atoms with Crippen molar-refractivity contribution >= 4 is 11.9 Å². The molecule has 0 aromatic heterocycles. The summed E-state index contributed by atoms with van der Waals surface area (Å²) >= 11 is 0. The molecule has 0 aliphatic heterocycles. The largest absolute Gasteiger partial charge is 0.481 e. The third kappa shape index (κ3) is 6.89. The Morgan fingerprint density at radius 3 is 2.35 bits per heavy atom. The predicted octanol–water partition coefficient (Wildman–Crippen LogP) is 1.32. The average Bonchev–Trinajstić information content (AvgIpc) is 2.42. The Bertz CT molecular complexity index is 429. The van der Waals surface area contributed by atoms with Crippen molar-refractivity contribution in [2.24, 2.45) is 0 Å². The van der Waals surface area contributed by atoms with Crippen LogP contribution in [0.1, 0.15) is 30.9 Å². The van der Waals surface area contributed by atoms with Gasteiger partial charge in [0.2, 0.25) is 5.91 Å². The first-order valence-electron chi connectivity index (χ1n) is 6.89. The van der Waals surface area contributed by atoms with Crippen molar-refractivity contribution in [2.75, 3.05) is 13.1 Å². The molecule has 0 aliphatic carbocycles. The number of carbonyl (C=O) groups is 2. The lowest BCUT2D eigenvalue weighted by molar-refractivity contribution is -0.136. The van der Waals surface area contributed by atoms with Gasteiger partial charge in [0, 0.05) is 26.1 Å². The van der Waals surface area contributed by atoms with Crippen LogP contribution < -0.4 is 10.6 Å². The smallest absolute Gasteiger partial charge is 0.307 e. The van der Waals surface area contributed by atoms with Gasteiger partial charge in [0.25, 0.3) is 0 Å². The van der Waals surface area contributed by atoms with Crippen LogP contribution in [0.15, 0.2) is 24.3 Å². The Morgan fingerprint density at radius 1 is 1.10 bits per heavy atom. The molecule has 0 heterocycles. The fourth-order valence-electron chi connectivity index (χ4n) is 1.74. The van der Waals surface area contributed by atoms with Crippen molar-refractivity contribution in [3.05, 3.63) is 35.4 Å². The van der Waals surface area contributed by atoms with Gasteiger partial charge in [-0.15, -0.1) is 0 Å². The average molecular weight is 278 g/mol. The molecule has 1 rings (SSSR count). The highest BCUT2D eigenvalue weighted by atomic mass is 16.4. The van der Waals surface area contributed by atoms with Crippen LogP contribution in [0.3, 0.4) is 0 Å². The Balaban J connectivity index is 2.22. The third-order valence-corrected chi connectivity index (χ3v) is 2.81. The van der Waals surface area contributed by atoms with Gasteiger partial charge in [-0.25, -0.2) is 0 Å². The molecule has 20 heavy (non-hydrogen) atoms. The molecular weight excluding hydrogens is 256 g/mol. The number of carbonyl (C=O) groups excluding carboxylic acids is 1. The molecule has 0 saturated carbocycles. The van der Waals surface area contributed by atoms with E-state index < -0.39 is 5.97 Å². The highest BCUT2D eigenvalue weighted by Gasteiger charge is 2.01. The third-order valence-electron chi connectivity index (χ3n) is 2.81. The second-order valence-electron chi connectivity index (χ2n) is 4.66. The molecule has 5 nitrogen and oxygen atoms in total. The molecule has 0 radical (unpaired) electrons. The minimum Gasteiger partial charge on any atom is -0.481 e. The van der Waals surface area contributed by atoms with Gasteiger partial charge >= 0.3 is 5.97 Å². The monoisotopic (exact) mass is 278 g/mol. The Labute approximate surface area is 119 Å². The number of hydrogen-bond donors (Lipinski definition) is 3. The van der Waals surface area contributed by atoms with E-state index in [4.69, 9.17) is 5.11 Å². The van der Waals surface area contributed by atoms with Crippen molar-refractivity contribution in [1.82, 2.24) is 10.6 Å². The quantitative estimate of drug-likeness (QED) is 0.595. The topological polar surface area (TPSA) is 78.4 Å². The van der Waals surface area contributed by atoms with Gasteiger partial charge in [-0.2, -0.15) is 0 Å². The van der Waals surface area contributed by atoms with Crippen LogP contribution >= 0.6 is 0 Å². The van der Waals surface area contributed by atoms with E-state index in [1.807, 2.05) is 31.2 Å². The Hall–Kier alpha value is -1.88. The van der Waals surface area contributed by atoms with Crippen molar-refractivity contribution in [1.29, 1.82) is 0 Å². The Morgan fingerprint density at radius 2 is 1.75 bits per heavy atom. The predicted molar refractivity (Wildman–Crippen MR) is 77.4 cm³/mol. The molecular formula is C15H22N2O3. The van der Waals surface area contributed by atoms with Crippen LogP contribution in [0.5, 0.6) is 0 Å². The highest BCUT2D eigenvalue weighted by molar-refractivity contribution is 5.76. The molecule has 1 amide bonds. The molecule has 0 aliphatic rings. The van der Waals surface area contributed by atoms with Crippen LogP contribution in [0.4, 0.5) is 0 Å². The number of amides is 1. The van der Waals surface area contributed by atoms with Gasteiger partial charge in [-0.3, -0.25) is 9.59 Å². The molecule has 110 valence electrons. The molecule has 3 N–H and O–H groups in total. The lowest BCUT2D eigenvalue weighted by Crippen LogP contribution is -2.28. The van der Waals surface area contributed by atoms with Gasteiger partial charge in [-0.05, 0) is 17.5 Å². The van der Waals surface area contributed by atoms with Crippen LogP contribution in [0, 0.1) is 0 Å². The fourth-order valence-corrected chi connectivity index (χ4v) is 1.74. The van der Waals surface area contributed by atoms with E-state index >= 15 is 0 Å². The van der Waals surface area contributed by atoms with E-state index in [0.29, 0.717) is 19.5 Å². The molecule has 0 saturated heterocycles. The molecule has 0 fully saturated rings. The molecule has 0 atom stereocenters. The van der Waals surface area contributed by atoms with Crippen molar-refractivity contribution in [2.45, 2.75) is 32.7 Å². The first kappa shape index (κ1) is 16.2. The Kier molecular flexibility index (Phi) is 7.35. The standard InChI is InChI=1S/C15H22N2O3/c1-2-8-17-14(18)7-9-16-11-13-5-3-12(4-6-13)10-15(19)20/h3-6,16H,2,7-11H2,1H3,(H,17,18)(H,19,20). The zero-order chi connectivity index (χ0) is 14.8. The number of carboxylic acids is 1. The lowest BCUT2D eigenvalue weighted by atomic mass is 10.1. The maximum atomic E-state index is 11.4. The van der Waals surface area contributed by atoms with Gasteiger partial charge in [0.15, 0.2) is 0 Å². The number of benzene rings is 1. The summed E-state index contributed by atoms with van der Waals surface area (Å²) in [6.07, 6.45) is 1.46. The molecule has 1 aromatic carbocycles. The number of hydrogen-bond acceptors (Lipinski definition) is 3. The van der Waals surface area contributed by atoms with E-state index in [1.165, 1.54) is 0 Å². The van der Waals surface area contributed by atoms with Crippen molar-refractivity contribution < 1.29 is 14.7 Å². The van der Waals surface area contributed by atoms with Crippen LogP contribution in [0.2, 0.25) is 0 Å². The maximum absolute atomic E-state index is 11.4. The molecule has 5 heteroatoms. The molecule has 1 aromatic rings. The molecule has 0 unspecified atom stereocenters. The van der Waals surface area contributed by atoms with Crippen LogP contribution in [-0.2, 0) is 22.6 Å². The minimum absolute atomic E-state index is 0.0469. The molecule has 0 spiro atoms. The summed E-state index contributed by atoms with van der Waals surface area (Å²) < 4.78 is 0. The zero-order valence-electron chi connectivity index (χ0n) is 11.8. The fraction of sp³-hybridized carbons (Fsp3) is 0.467. The van der Waals surface area contributed by atoms with E-state index in [1.54, 1.807) is 0 Å². The first-order chi connectivity index (χ1) is 9.61. The van der Waals surface area contributed by atoms with Gasteiger partial charge < -0.3 is 15.7 Å². The number of carboxylic acid groups (broad SMARTS) is 1. The first-order valence-corrected chi connectivity index (χ1v) is 6.89. The van der Waals surface area contributed by atoms with Crippen molar-refractivity contribution in [3.8, 4) is 0 Å². The van der Waals surface area contributed by atoms with Crippen LogP contribution in [0.25, 0.3) is 0 Å². The summed E-state index contributed by atoms with van der Waals surface area (Å²) in [4.78, 5) is 21.9. The van der Waals surface area contributed by atoms with Gasteiger partial charge in [0.05, 0.1) is 6.42 Å². The van der Waals surface area contributed by atoms with E-state index in [-0.39, 0.29) is 12.3 Å². The number of nitrogens with one attached hydrogen (secondary N) is 2.